The van der Waals surface area contributed by atoms with Crippen molar-refractivity contribution < 1.29 is 9.53 Å². The summed E-state index contributed by atoms with van der Waals surface area (Å²) in [6, 6.07) is 0.226. The van der Waals surface area contributed by atoms with Crippen LogP contribution < -0.4 is 5.32 Å². The van der Waals surface area contributed by atoms with E-state index in [9.17, 15) is 4.79 Å². The van der Waals surface area contributed by atoms with Crippen LogP contribution in [0.25, 0.3) is 0 Å². The number of hydrogen-bond acceptors (Lipinski definition) is 3. The summed E-state index contributed by atoms with van der Waals surface area (Å²) in [4.78, 5) is 13.4. The minimum absolute atomic E-state index is 0.226. The number of amides is 1. The SMILES string of the molecule is CC(C)(C)OC(=O)NC1CCc2scc(C3CC3)c2C1. The maximum absolute atomic E-state index is 11.9. The standard InChI is InChI=1S/C16H23NO2S/c1-16(2,3)19-15(18)17-11-6-7-14-12(8-11)13(9-20-14)10-4-5-10/h9-11H,4-8H2,1-3H3,(H,17,18). The smallest absolute Gasteiger partial charge is 0.407 e. The number of ether oxygens (including phenoxy) is 1. The molecule has 0 aromatic carbocycles. The van der Waals surface area contributed by atoms with Crippen LogP contribution in [0.3, 0.4) is 0 Å². The normalized spacial score (nSPS) is 22.2. The van der Waals surface area contributed by atoms with Crippen molar-refractivity contribution in [3.8, 4) is 0 Å². The van der Waals surface area contributed by atoms with Gasteiger partial charge < -0.3 is 10.1 Å². The Labute approximate surface area is 124 Å². The van der Waals surface area contributed by atoms with E-state index in [0.717, 1.165) is 25.2 Å². The van der Waals surface area contributed by atoms with Gasteiger partial charge in [0.2, 0.25) is 0 Å². The second-order valence-electron chi connectivity index (χ2n) is 6.95. The zero-order valence-corrected chi connectivity index (χ0v) is 13.3. The first kappa shape index (κ1) is 13.9. The molecule has 0 spiro atoms. The zero-order chi connectivity index (χ0) is 14.3. The van der Waals surface area contributed by atoms with Gasteiger partial charge in [-0.2, -0.15) is 0 Å². The maximum atomic E-state index is 11.9. The summed E-state index contributed by atoms with van der Waals surface area (Å²) in [6.07, 6.45) is 5.49. The van der Waals surface area contributed by atoms with E-state index in [1.54, 1.807) is 5.56 Å². The van der Waals surface area contributed by atoms with E-state index < -0.39 is 5.60 Å². The highest BCUT2D eigenvalue weighted by Crippen LogP contribution is 2.45. The fraction of sp³-hybridized carbons (Fsp3) is 0.688. The summed E-state index contributed by atoms with van der Waals surface area (Å²) < 4.78 is 5.35. The van der Waals surface area contributed by atoms with Crippen LogP contribution in [0.2, 0.25) is 0 Å². The molecule has 1 unspecified atom stereocenters. The molecule has 4 heteroatoms. The van der Waals surface area contributed by atoms with Gasteiger partial charge in [0.15, 0.2) is 0 Å². The molecule has 0 aliphatic heterocycles. The lowest BCUT2D eigenvalue weighted by Crippen LogP contribution is -2.41. The Kier molecular flexibility index (Phi) is 3.53. The minimum Gasteiger partial charge on any atom is -0.444 e. The number of carbonyl (C=O) groups excluding carboxylic acids is 1. The Morgan fingerprint density at radius 2 is 2.10 bits per heavy atom. The van der Waals surface area contributed by atoms with Crippen LogP contribution in [0.4, 0.5) is 4.79 Å². The molecular formula is C16H23NO2S. The molecule has 2 aliphatic rings. The van der Waals surface area contributed by atoms with E-state index in [1.165, 1.54) is 23.3 Å². The molecule has 20 heavy (non-hydrogen) atoms. The quantitative estimate of drug-likeness (QED) is 0.894. The molecule has 1 amide bonds. The monoisotopic (exact) mass is 293 g/mol. The molecule has 1 heterocycles. The molecule has 1 fully saturated rings. The Morgan fingerprint density at radius 1 is 1.35 bits per heavy atom. The topological polar surface area (TPSA) is 38.3 Å². The summed E-state index contributed by atoms with van der Waals surface area (Å²) >= 11 is 1.91. The molecule has 1 N–H and O–H groups in total. The van der Waals surface area contributed by atoms with Gasteiger partial charge in [0.1, 0.15) is 5.60 Å². The lowest BCUT2D eigenvalue weighted by Gasteiger charge is -2.26. The first-order valence-electron chi connectivity index (χ1n) is 7.51. The van der Waals surface area contributed by atoms with Crippen molar-refractivity contribution >= 4 is 17.4 Å². The zero-order valence-electron chi connectivity index (χ0n) is 12.5. The van der Waals surface area contributed by atoms with Gasteiger partial charge in [0, 0.05) is 10.9 Å². The minimum atomic E-state index is -0.425. The van der Waals surface area contributed by atoms with Crippen LogP contribution in [-0.2, 0) is 17.6 Å². The molecule has 110 valence electrons. The van der Waals surface area contributed by atoms with Crippen LogP contribution in [-0.4, -0.2) is 17.7 Å². The van der Waals surface area contributed by atoms with Crippen LogP contribution in [0, 0.1) is 0 Å². The number of hydrogen-bond donors (Lipinski definition) is 1. The Morgan fingerprint density at radius 3 is 2.75 bits per heavy atom. The summed E-state index contributed by atoms with van der Waals surface area (Å²) in [5, 5.41) is 5.38. The van der Waals surface area contributed by atoms with Crippen LogP contribution in [0.5, 0.6) is 0 Å². The first-order chi connectivity index (χ1) is 9.42. The van der Waals surface area contributed by atoms with Crippen LogP contribution in [0.1, 0.15) is 62.0 Å². The molecule has 0 radical (unpaired) electrons. The third kappa shape index (κ3) is 3.17. The third-order valence-electron chi connectivity index (χ3n) is 3.92. The van der Waals surface area contributed by atoms with Crippen molar-refractivity contribution in [2.75, 3.05) is 0 Å². The predicted molar refractivity (Wildman–Crippen MR) is 81.5 cm³/mol. The number of alkyl carbamates (subject to hydrolysis) is 1. The molecule has 1 atom stereocenters. The molecular weight excluding hydrogens is 270 g/mol. The fourth-order valence-electron chi connectivity index (χ4n) is 2.87. The summed E-state index contributed by atoms with van der Waals surface area (Å²) in [5.41, 5.74) is 2.65. The van der Waals surface area contributed by atoms with Gasteiger partial charge in [-0.15, -0.1) is 11.3 Å². The average Bonchev–Trinajstić information content (AvgIpc) is 3.07. The number of nitrogens with one attached hydrogen (secondary N) is 1. The van der Waals surface area contributed by atoms with E-state index in [0.29, 0.717) is 0 Å². The summed E-state index contributed by atoms with van der Waals surface area (Å²) in [5.74, 6) is 0.801. The number of aryl methyl sites for hydroxylation is 1. The summed E-state index contributed by atoms with van der Waals surface area (Å²) in [6.45, 7) is 5.70. The molecule has 3 nitrogen and oxygen atoms in total. The Balaban J connectivity index is 1.63. The van der Waals surface area contributed by atoms with Gasteiger partial charge >= 0.3 is 6.09 Å². The largest absolute Gasteiger partial charge is 0.444 e. The van der Waals surface area contributed by atoms with Crippen molar-refractivity contribution in [3.05, 3.63) is 21.4 Å². The number of thiophene rings is 1. The molecule has 1 aromatic rings. The van der Waals surface area contributed by atoms with Crippen molar-refractivity contribution in [3.63, 3.8) is 0 Å². The number of carbonyl (C=O) groups is 1. The second-order valence-corrected chi connectivity index (χ2v) is 7.92. The number of fused-ring (bicyclic) bond motifs is 1. The van der Waals surface area contributed by atoms with Gasteiger partial charge in [0.05, 0.1) is 0 Å². The van der Waals surface area contributed by atoms with Crippen molar-refractivity contribution in [2.24, 2.45) is 0 Å². The second kappa shape index (κ2) is 5.06. The first-order valence-corrected chi connectivity index (χ1v) is 8.39. The fourth-order valence-corrected chi connectivity index (χ4v) is 4.05. The molecule has 0 saturated heterocycles. The lowest BCUT2D eigenvalue weighted by atomic mass is 9.90. The highest BCUT2D eigenvalue weighted by atomic mass is 32.1. The van der Waals surface area contributed by atoms with Crippen LogP contribution in [0.15, 0.2) is 5.38 Å². The van der Waals surface area contributed by atoms with Gasteiger partial charge in [-0.05, 0) is 75.3 Å². The van der Waals surface area contributed by atoms with Crippen molar-refractivity contribution in [2.45, 2.75) is 70.4 Å². The maximum Gasteiger partial charge on any atom is 0.407 e. The molecule has 1 aromatic heterocycles. The molecule has 3 rings (SSSR count). The Bertz CT molecular complexity index is 511. The molecule has 2 aliphatic carbocycles. The molecule has 1 saturated carbocycles. The van der Waals surface area contributed by atoms with E-state index in [4.69, 9.17) is 4.74 Å². The van der Waals surface area contributed by atoms with Crippen LogP contribution >= 0.6 is 11.3 Å². The van der Waals surface area contributed by atoms with Gasteiger partial charge in [-0.3, -0.25) is 0 Å². The van der Waals surface area contributed by atoms with E-state index in [2.05, 4.69) is 10.7 Å². The highest BCUT2D eigenvalue weighted by Gasteiger charge is 2.32. The van der Waals surface area contributed by atoms with Gasteiger partial charge in [-0.1, -0.05) is 0 Å². The average molecular weight is 293 g/mol. The number of rotatable bonds is 2. The van der Waals surface area contributed by atoms with E-state index in [-0.39, 0.29) is 12.1 Å². The van der Waals surface area contributed by atoms with Gasteiger partial charge in [0.25, 0.3) is 0 Å². The van der Waals surface area contributed by atoms with E-state index in [1.807, 2.05) is 32.1 Å². The lowest BCUT2D eigenvalue weighted by molar-refractivity contribution is 0.0500. The Hall–Kier alpha value is -1.03. The van der Waals surface area contributed by atoms with Gasteiger partial charge in [-0.25, -0.2) is 4.79 Å². The third-order valence-corrected chi connectivity index (χ3v) is 5.03. The highest BCUT2D eigenvalue weighted by molar-refractivity contribution is 7.10. The van der Waals surface area contributed by atoms with E-state index >= 15 is 0 Å². The van der Waals surface area contributed by atoms with Crippen molar-refractivity contribution in [1.29, 1.82) is 0 Å². The molecule has 0 bridgehead atoms. The summed E-state index contributed by atoms with van der Waals surface area (Å²) in [7, 11) is 0. The predicted octanol–water partition coefficient (Wildman–Crippen LogP) is 4.01. The van der Waals surface area contributed by atoms with Crippen molar-refractivity contribution in [1.82, 2.24) is 5.32 Å².